The van der Waals surface area contributed by atoms with Crippen molar-refractivity contribution in [3.63, 3.8) is 0 Å². The van der Waals surface area contributed by atoms with Gasteiger partial charge in [-0.05, 0) is 49.6 Å². The summed E-state index contributed by atoms with van der Waals surface area (Å²) in [6.07, 6.45) is 2.65. The number of nitrogens with one attached hydrogen (secondary N) is 1. The van der Waals surface area contributed by atoms with E-state index in [1.165, 1.54) is 0 Å². The molecule has 1 amide bonds. The number of benzene rings is 2. The fraction of sp³-hybridized carbons (Fsp3) is 0.286. The molecule has 2 aromatic carbocycles. The highest BCUT2D eigenvalue weighted by Gasteiger charge is 2.28. The van der Waals surface area contributed by atoms with E-state index in [0.717, 1.165) is 41.9 Å². The predicted molar refractivity (Wildman–Crippen MR) is 113 cm³/mol. The lowest BCUT2D eigenvalue weighted by Gasteiger charge is -2.18. The summed E-state index contributed by atoms with van der Waals surface area (Å²) in [4.78, 5) is 23.6. The number of halogens is 2. The summed E-state index contributed by atoms with van der Waals surface area (Å²) in [6, 6.07) is 11.0. The number of fused-ring (bicyclic) bond motifs is 1. The Balaban J connectivity index is 1.38. The zero-order valence-electron chi connectivity index (χ0n) is 15.5. The van der Waals surface area contributed by atoms with Crippen LogP contribution < -0.4 is 5.32 Å². The third-order valence-corrected chi connectivity index (χ3v) is 5.57. The SMILES string of the molecule is Cc1ccc(Cl)c(C(=O)N2CC[C@H](CNc3cnc4cc(Cl)ccc4n3)C2)c1. The Morgan fingerprint density at radius 2 is 2.07 bits per heavy atom. The minimum atomic E-state index is -0.00132. The third kappa shape index (κ3) is 4.05. The molecule has 0 spiro atoms. The second kappa shape index (κ2) is 7.94. The molecule has 0 aliphatic carbocycles. The average Bonchev–Trinajstić information content (AvgIpc) is 3.16. The van der Waals surface area contributed by atoms with Crippen LogP contribution in [0.25, 0.3) is 11.0 Å². The number of rotatable bonds is 4. The number of carbonyl (C=O) groups excluding carboxylic acids is 1. The number of amides is 1. The Morgan fingerprint density at radius 1 is 1.21 bits per heavy atom. The van der Waals surface area contributed by atoms with Gasteiger partial charge in [0.1, 0.15) is 5.82 Å². The molecular weight excluding hydrogens is 395 g/mol. The molecule has 1 aromatic heterocycles. The molecule has 4 rings (SSSR count). The van der Waals surface area contributed by atoms with Gasteiger partial charge in [0.05, 0.1) is 27.8 Å². The standard InChI is InChI=1S/C21H20Cl2N4O/c1-13-2-4-17(23)16(8-13)21(28)27-7-6-14(12-27)10-25-20-11-24-19-9-15(22)3-5-18(19)26-20/h2-5,8-9,11,14H,6-7,10,12H2,1H3,(H,25,26)/t14-/m1/s1. The summed E-state index contributed by atoms with van der Waals surface area (Å²) in [5.41, 5.74) is 3.17. The summed E-state index contributed by atoms with van der Waals surface area (Å²) in [6.45, 7) is 4.13. The highest BCUT2D eigenvalue weighted by molar-refractivity contribution is 6.33. The molecule has 1 atom stereocenters. The van der Waals surface area contributed by atoms with E-state index >= 15 is 0 Å². The molecule has 0 radical (unpaired) electrons. The number of aryl methyl sites for hydroxylation is 1. The van der Waals surface area contributed by atoms with Crippen molar-refractivity contribution in [2.75, 3.05) is 25.0 Å². The van der Waals surface area contributed by atoms with Crippen molar-refractivity contribution in [1.29, 1.82) is 0 Å². The van der Waals surface area contributed by atoms with Crippen molar-refractivity contribution in [2.45, 2.75) is 13.3 Å². The number of likely N-dealkylation sites (tertiary alicyclic amines) is 1. The minimum absolute atomic E-state index is 0.00132. The van der Waals surface area contributed by atoms with Crippen LogP contribution in [-0.4, -0.2) is 40.4 Å². The minimum Gasteiger partial charge on any atom is -0.368 e. The number of hydrogen-bond acceptors (Lipinski definition) is 4. The number of hydrogen-bond donors (Lipinski definition) is 1. The van der Waals surface area contributed by atoms with Crippen LogP contribution in [0.4, 0.5) is 5.82 Å². The van der Waals surface area contributed by atoms with Crippen molar-refractivity contribution < 1.29 is 4.79 Å². The van der Waals surface area contributed by atoms with Gasteiger partial charge in [-0.15, -0.1) is 0 Å². The van der Waals surface area contributed by atoms with Crippen LogP contribution in [-0.2, 0) is 0 Å². The first kappa shape index (κ1) is 19.0. The summed E-state index contributed by atoms with van der Waals surface area (Å²) >= 11 is 12.2. The van der Waals surface area contributed by atoms with Crippen molar-refractivity contribution in [3.05, 3.63) is 63.8 Å². The van der Waals surface area contributed by atoms with Crippen LogP contribution in [0.1, 0.15) is 22.3 Å². The van der Waals surface area contributed by atoms with E-state index in [1.807, 2.05) is 30.0 Å². The fourth-order valence-corrected chi connectivity index (χ4v) is 3.84. The van der Waals surface area contributed by atoms with Gasteiger partial charge in [0.2, 0.25) is 0 Å². The first-order valence-electron chi connectivity index (χ1n) is 9.21. The van der Waals surface area contributed by atoms with Crippen molar-refractivity contribution in [3.8, 4) is 0 Å². The van der Waals surface area contributed by atoms with E-state index in [1.54, 1.807) is 24.4 Å². The normalized spacial score (nSPS) is 16.5. The maximum Gasteiger partial charge on any atom is 0.255 e. The van der Waals surface area contributed by atoms with E-state index in [4.69, 9.17) is 23.2 Å². The van der Waals surface area contributed by atoms with Gasteiger partial charge >= 0.3 is 0 Å². The van der Waals surface area contributed by atoms with Crippen molar-refractivity contribution in [2.24, 2.45) is 5.92 Å². The molecule has 0 bridgehead atoms. The van der Waals surface area contributed by atoms with E-state index in [0.29, 0.717) is 28.1 Å². The molecule has 144 valence electrons. The Labute approximate surface area is 173 Å². The second-order valence-corrected chi connectivity index (χ2v) is 8.00. The van der Waals surface area contributed by atoms with Gasteiger partial charge in [0, 0.05) is 24.7 Å². The molecule has 0 saturated carbocycles. The van der Waals surface area contributed by atoms with Crippen molar-refractivity contribution in [1.82, 2.24) is 14.9 Å². The summed E-state index contributed by atoms with van der Waals surface area (Å²) < 4.78 is 0. The van der Waals surface area contributed by atoms with E-state index < -0.39 is 0 Å². The summed E-state index contributed by atoms with van der Waals surface area (Å²) in [5.74, 6) is 1.08. The molecule has 2 heterocycles. The molecule has 1 aliphatic heterocycles. The monoisotopic (exact) mass is 414 g/mol. The number of anilines is 1. The molecule has 1 aliphatic rings. The maximum atomic E-state index is 12.8. The molecule has 3 aromatic rings. The molecule has 7 heteroatoms. The first-order chi connectivity index (χ1) is 13.5. The molecule has 5 nitrogen and oxygen atoms in total. The van der Waals surface area contributed by atoms with Gasteiger partial charge in [-0.25, -0.2) is 4.98 Å². The number of carbonyl (C=O) groups is 1. The van der Waals surface area contributed by atoms with Gasteiger partial charge in [-0.3, -0.25) is 9.78 Å². The molecule has 1 fully saturated rings. The smallest absolute Gasteiger partial charge is 0.255 e. The highest BCUT2D eigenvalue weighted by Crippen LogP contribution is 2.24. The predicted octanol–water partition coefficient (Wildman–Crippen LogP) is 4.82. The van der Waals surface area contributed by atoms with E-state index in [-0.39, 0.29) is 5.91 Å². The largest absolute Gasteiger partial charge is 0.368 e. The Hall–Kier alpha value is -2.37. The summed E-state index contributed by atoms with van der Waals surface area (Å²) in [5, 5.41) is 4.49. The van der Waals surface area contributed by atoms with E-state index in [2.05, 4.69) is 15.3 Å². The van der Waals surface area contributed by atoms with Crippen LogP contribution in [0.2, 0.25) is 10.0 Å². The first-order valence-corrected chi connectivity index (χ1v) is 9.97. The lowest BCUT2D eigenvalue weighted by molar-refractivity contribution is 0.0788. The number of nitrogens with zero attached hydrogens (tertiary/aromatic N) is 3. The topological polar surface area (TPSA) is 58.1 Å². The molecule has 28 heavy (non-hydrogen) atoms. The Bertz CT molecular complexity index is 1040. The van der Waals surface area contributed by atoms with Crippen LogP contribution in [0.5, 0.6) is 0 Å². The zero-order chi connectivity index (χ0) is 19.7. The van der Waals surface area contributed by atoms with Gasteiger partial charge in [-0.2, -0.15) is 0 Å². The lowest BCUT2D eigenvalue weighted by atomic mass is 10.1. The Kier molecular flexibility index (Phi) is 5.38. The molecule has 1 N–H and O–H groups in total. The van der Waals surface area contributed by atoms with Crippen LogP contribution in [0.15, 0.2) is 42.6 Å². The maximum absolute atomic E-state index is 12.8. The van der Waals surface area contributed by atoms with Crippen molar-refractivity contribution >= 4 is 46.0 Å². The van der Waals surface area contributed by atoms with Crippen LogP contribution in [0, 0.1) is 12.8 Å². The highest BCUT2D eigenvalue weighted by atomic mass is 35.5. The zero-order valence-corrected chi connectivity index (χ0v) is 17.0. The quantitative estimate of drug-likeness (QED) is 0.664. The van der Waals surface area contributed by atoms with E-state index in [9.17, 15) is 4.79 Å². The molecular formula is C21H20Cl2N4O. The number of aromatic nitrogens is 2. The summed E-state index contributed by atoms with van der Waals surface area (Å²) in [7, 11) is 0. The average molecular weight is 415 g/mol. The van der Waals surface area contributed by atoms with Crippen LogP contribution >= 0.6 is 23.2 Å². The second-order valence-electron chi connectivity index (χ2n) is 7.16. The Morgan fingerprint density at radius 3 is 2.93 bits per heavy atom. The fourth-order valence-electron chi connectivity index (χ4n) is 3.48. The lowest BCUT2D eigenvalue weighted by Crippen LogP contribution is -2.30. The molecule has 1 saturated heterocycles. The third-order valence-electron chi connectivity index (χ3n) is 5.00. The van der Waals surface area contributed by atoms with Crippen LogP contribution in [0.3, 0.4) is 0 Å². The van der Waals surface area contributed by atoms with Gasteiger partial charge in [0.25, 0.3) is 5.91 Å². The van der Waals surface area contributed by atoms with Gasteiger partial charge in [-0.1, -0.05) is 34.8 Å². The molecule has 0 unspecified atom stereocenters. The van der Waals surface area contributed by atoms with Gasteiger partial charge in [0.15, 0.2) is 0 Å². The van der Waals surface area contributed by atoms with Gasteiger partial charge < -0.3 is 10.2 Å².